The van der Waals surface area contributed by atoms with Gasteiger partial charge in [-0.25, -0.2) is 28.3 Å². The highest BCUT2D eigenvalue weighted by Gasteiger charge is 2.46. The summed E-state index contributed by atoms with van der Waals surface area (Å²) in [5, 5.41) is 0. The second-order valence-corrected chi connectivity index (χ2v) is 12.7. The van der Waals surface area contributed by atoms with E-state index >= 15 is 0 Å². The Hall–Kier alpha value is -5.48. The van der Waals surface area contributed by atoms with Crippen molar-refractivity contribution in [2.24, 2.45) is 0 Å². The molecule has 0 radical (unpaired) electrons. The van der Waals surface area contributed by atoms with Crippen LogP contribution in [0.25, 0.3) is 22.3 Å². The van der Waals surface area contributed by atoms with Gasteiger partial charge in [0.25, 0.3) is 5.92 Å². The number of halogens is 8. The van der Waals surface area contributed by atoms with Crippen LogP contribution in [-0.4, -0.2) is 66.2 Å². The smallest absolute Gasteiger partial charge is 0.416 e. The van der Waals surface area contributed by atoms with Gasteiger partial charge in [0.2, 0.25) is 5.95 Å². The lowest BCUT2D eigenvalue weighted by atomic mass is 9.94. The van der Waals surface area contributed by atoms with Gasteiger partial charge >= 0.3 is 24.4 Å². The van der Waals surface area contributed by atoms with Crippen LogP contribution in [0, 0.1) is 6.92 Å². The number of amides is 1. The van der Waals surface area contributed by atoms with Crippen molar-refractivity contribution in [2.45, 2.75) is 50.8 Å². The molecule has 17 heteroatoms. The Morgan fingerprint density at radius 2 is 1.58 bits per heavy atom. The summed E-state index contributed by atoms with van der Waals surface area (Å²) < 4.78 is 125. The van der Waals surface area contributed by atoms with E-state index in [9.17, 15) is 44.7 Å². The first-order valence-corrected chi connectivity index (χ1v) is 15.9. The Morgan fingerprint density at radius 1 is 0.925 bits per heavy atom. The van der Waals surface area contributed by atoms with Crippen molar-refractivity contribution >= 4 is 18.0 Å². The minimum Gasteiger partial charge on any atom is -0.496 e. The van der Waals surface area contributed by atoms with Crippen LogP contribution in [0.4, 0.5) is 45.9 Å². The zero-order chi connectivity index (χ0) is 38.6. The fraction of sp³-hybridized carbons (Fsp3) is 0.333. The van der Waals surface area contributed by atoms with Crippen LogP contribution in [0.5, 0.6) is 5.75 Å². The molecule has 2 aliphatic heterocycles. The Bertz CT molecular complexity index is 2050. The number of nitrogens with zero attached hydrogens (tertiary/aromatic N) is 4. The lowest BCUT2D eigenvalue weighted by Gasteiger charge is -2.38. The summed E-state index contributed by atoms with van der Waals surface area (Å²) in [5.41, 5.74) is -0.443. The molecule has 280 valence electrons. The highest BCUT2D eigenvalue weighted by molar-refractivity contribution is 5.91. The van der Waals surface area contributed by atoms with Crippen molar-refractivity contribution in [3.63, 3.8) is 0 Å². The summed E-state index contributed by atoms with van der Waals surface area (Å²) in [6, 6.07) is 9.97. The third-order valence-electron chi connectivity index (χ3n) is 9.08. The molecule has 53 heavy (non-hydrogen) atoms. The molecule has 3 heterocycles. The van der Waals surface area contributed by atoms with E-state index in [4.69, 9.17) is 14.2 Å². The number of methoxy groups -OCH3 is 2. The van der Waals surface area contributed by atoms with Gasteiger partial charge in [-0.2, -0.15) is 26.3 Å². The Balaban J connectivity index is 1.41. The Kier molecular flexibility index (Phi) is 9.49. The molecule has 6 rings (SSSR count). The van der Waals surface area contributed by atoms with Gasteiger partial charge < -0.3 is 19.1 Å². The molecule has 9 nitrogen and oxygen atoms in total. The molecule has 4 aromatic rings. The monoisotopic (exact) mass is 750 g/mol. The maximum Gasteiger partial charge on any atom is 0.416 e. The zero-order valence-electron chi connectivity index (χ0n) is 28.4. The van der Waals surface area contributed by atoms with Crippen molar-refractivity contribution in [3.8, 4) is 28.0 Å². The number of carbonyl (C=O) groups is 2. The number of anilines is 1. The molecule has 0 bridgehead atoms. The number of alkyl halides is 8. The number of carbonyl (C=O) groups excluding carboxylic acids is 2. The van der Waals surface area contributed by atoms with Gasteiger partial charge in [-0.3, -0.25) is 4.90 Å². The topological polar surface area (TPSA) is 94.1 Å². The van der Waals surface area contributed by atoms with Crippen LogP contribution in [0.3, 0.4) is 0 Å². The third kappa shape index (κ3) is 7.41. The summed E-state index contributed by atoms with van der Waals surface area (Å²) in [6.07, 6.45) is -11.5. The lowest BCUT2D eigenvalue weighted by molar-refractivity contribution is -0.143. The second kappa shape index (κ2) is 13.5. The molecule has 0 saturated carbocycles. The van der Waals surface area contributed by atoms with Crippen molar-refractivity contribution in [1.29, 1.82) is 0 Å². The quantitative estimate of drug-likeness (QED) is 0.131. The number of hydrogen-bond donors (Lipinski definition) is 0. The second-order valence-electron chi connectivity index (χ2n) is 12.7. The molecule has 2 atom stereocenters. The average Bonchev–Trinajstić information content (AvgIpc) is 3.37. The van der Waals surface area contributed by atoms with Crippen LogP contribution in [0.15, 0.2) is 60.8 Å². The van der Waals surface area contributed by atoms with E-state index in [1.165, 1.54) is 32.2 Å². The van der Waals surface area contributed by atoms with Crippen LogP contribution < -0.4 is 9.64 Å². The fourth-order valence-electron chi connectivity index (χ4n) is 6.34. The Labute approximate surface area is 297 Å². The number of cyclic esters (lactones) is 1. The molecular weight excluding hydrogens is 720 g/mol. The number of esters is 1. The molecule has 2 saturated heterocycles. The fourth-order valence-corrected chi connectivity index (χ4v) is 6.34. The number of ether oxygens (including phenoxy) is 3. The van der Waals surface area contributed by atoms with E-state index in [0.717, 1.165) is 16.0 Å². The molecule has 2 aliphatic rings. The summed E-state index contributed by atoms with van der Waals surface area (Å²) >= 11 is 0. The van der Waals surface area contributed by atoms with Crippen LogP contribution in [0.2, 0.25) is 0 Å². The molecule has 2 fully saturated rings. The van der Waals surface area contributed by atoms with Crippen molar-refractivity contribution in [3.05, 3.63) is 94.3 Å². The van der Waals surface area contributed by atoms with Gasteiger partial charge in [0.1, 0.15) is 11.9 Å². The van der Waals surface area contributed by atoms with Crippen LogP contribution in [0.1, 0.15) is 51.3 Å². The number of hydrogen-bond acceptors (Lipinski definition) is 8. The first-order chi connectivity index (χ1) is 24.8. The van der Waals surface area contributed by atoms with E-state index < -0.39 is 78.8 Å². The first-order valence-electron chi connectivity index (χ1n) is 15.9. The molecule has 1 amide bonds. The first kappa shape index (κ1) is 37.3. The highest BCUT2D eigenvalue weighted by Crippen LogP contribution is 2.43. The van der Waals surface area contributed by atoms with Gasteiger partial charge in [0.05, 0.1) is 62.3 Å². The van der Waals surface area contributed by atoms with E-state index in [2.05, 4.69) is 9.97 Å². The SMILES string of the molecule is COC(=O)c1ccc(-c2ccc(OC)c(-c3cnc(N4CC(F)(F)C4)nc3CN3C(=O)O[C@H](c4cc(C(F)(F)F)cc(C(F)(F)F)c4)[C@@H]3C)c2)c(C)c1. The molecule has 0 aliphatic carbocycles. The number of aryl methyl sites for hydroxylation is 1. The predicted octanol–water partition coefficient (Wildman–Crippen LogP) is 8.49. The average molecular weight is 751 g/mol. The minimum absolute atomic E-state index is 0.0206. The normalized spacial score (nSPS) is 18.5. The predicted molar refractivity (Wildman–Crippen MR) is 173 cm³/mol. The van der Waals surface area contributed by atoms with Gasteiger partial charge in [-0.05, 0) is 78.6 Å². The molecule has 0 spiro atoms. The minimum atomic E-state index is -5.13. The maximum atomic E-state index is 13.8. The van der Waals surface area contributed by atoms with Gasteiger partial charge in [-0.1, -0.05) is 12.1 Å². The van der Waals surface area contributed by atoms with E-state index in [0.29, 0.717) is 34.6 Å². The lowest BCUT2D eigenvalue weighted by Crippen LogP contribution is -2.57. The van der Waals surface area contributed by atoms with Crippen LogP contribution >= 0.6 is 0 Å². The molecule has 1 aromatic heterocycles. The van der Waals surface area contributed by atoms with Crippen molar-refractivity contribution in [1.82, 2.24) is 14.9 Å². The van der Waals surface area contributed by atoms with Gasteiger partial charge in [0.15, 0.2) is 0 Å². The van der Waals surface area contributed by atoms with Crippen molar-refractivity contribution in [2.75, 3.05) is 32.2 Å². The third-order valence-corrected chi connectivity index (χ3v) is 9.08. The summed E-state index contributed by atoms with van der Waals surface area (Å²) in [4.78, 5) is 36.5. The van der Waals surface area contributed by atoms with E-state index in [1.54, 1.807) is 43.3 Å². The highest BCUT2D eigenvalue weighted by atomic mass is 19.4. The molecule has 3 aromatic carbocycles. The summed E-state index contributed by atoms with van der Waals surface area (Å²) in [6.45, 7) is 1.43. The summed E-state index contributed by atoms with van der Waals surface area (Å²) in [7, 11) is 2.66. The number of aromatic nitrogens is 2. The number of benzene rings is 3. The van der Waals surface area contributed by atoms with Crippen molar-refractivity contribution < 1.29 is 58.9 Å². The van der Waals surface area contributed by atoms with Crippen LogP contribution in [-0.2, 0) is 28.4 Å². The molecule has 0 unspecified atom stereocenters. The largest absolute Gasteiger partial charge is 0.496 e. The summed E-state index contributed by atoms with van der Waals surface area (Å²) in [5.74, 6) is -3.28. The molecule has 0 N–H and O–H groups in total. The Morgan fingerprint density at radius 3 is 2.15 bits per heavy atom. The van der Waals surface area contributed by atoms with E-state index in [-0.39, 0.29) is 23.3 Å². The number of rotatable bonds is 8. The molecular formula is C36H30F8N4O5. The maximum absolute atomic E-state index is 13.8. The standard InChI is InChI=1S/C36H30F8N4O5/c1-18-9-21(31(49)52-4)5-7-25(18)20-6-8-29(51-3)26(12-20)27-14-45-32(47-16-34(37,38)17-47)46-28(27)15-48-19(2)30(53-33(48)50)22-10-23(35(39,40)41)13-24(11-22)36(42,43)44/h5-14,19,30H,15-17H2,1-4H3/t19-,30-/m0/s1. The van der Waals surface area contributed by atoms with E-state index in [1.807, 2.05) is 0 Å². The zero-order valence-corrected chi connectivity index (χ0v) is 28.4. The van der Waals surface area contributed by atoms with Gasteiger partial charge in [0, 0.05) is 17.3 Å². The van der Waals surface area contributed by atoms with Gasteiger partial charge in [-0.15, -0.1) is 0 Å².